The smallest absolute Gasteiger partial charge is 0.0400 e. The van der Waals surface area contributed by atoms with Crippen LogP contribution in [-0.2, 0) is 13.1 Å². The Morgan fingerprint density at radius 3 is 1.41 bits per heavy atom. The van der Waals surface area contributed by atoms with Gasteiger partial charge in [0.05, 0.1) is 0 Å². The van der Waals surface area contributed by atoms with E-state index in [9.17, 15) is 0 Å². The Kier molecular flexibility index (Phi) is 7.25. The highest BCUT2D eigenvalue weighted by molar-refractivity contribution is 5.67. The highest BCUT2D eigenvalue weighted by atomic mass is 14.9. The zero-order valence-corrected chi connectivity index (χ0v) is 20.4. The molecule has 0 fully saturated rings. The molecule has 2 N–H and O–H groups in total. The Labute approximate surface area is 194 Å². The molecule has 3 aromatic rings. The number of hydrogen-bond donors (Lipinski definition) is 2. The molecule has 32 heavy (non-hydrogen) atoms. The first-order chi connectivity index (χ1) is 15.2. The van der Waals surface area contributed by atoms with Gasteiger partial charge in [-0.15, -0.1) is 0 Å². The van der Waals surface area contributed by atoms with E-state index in [0.717, 1.165) is 24.5 Å². The summed E-state index contributed by atoms with van der Waals surface area (Å²) in [6, 6.07) is 17.3. The Hall–Kier alpha value is -3.26. The lowest BCUT2D eigenvalue weighted by Gasteiger charge is -2.17. The number of rotatable bonds is 8. The lowest BCUT2D eigenvalue weighted by molar-refractivity contribution is 0.864. The molecule has 3 aromatic carbocycles. The van der Waals surface area contributed by atoms with Gasteiger partial charge in [0.25, 0.3) is 0 Å². The van der Waals surface area contributed by atoms with Crippen molar-refractivity contribution in [3.63, 3.8) is 0 Å². The van der Waals surface area contributed by atoms with Crippen LogP contribution < -0.4 is 10.6 Å². The van der Waals surface area contributed by atoms with Crippen LogP contribution in [0.15, 0.2) is 61.7 Å². The van der Waals surface area contributed by atoms with Gasteiger partial charge in [-0.1, -0.05) is 61.7 Å². The lowest BCUT2D eigenvalue weighted by atomic mass is 9.97. The van der Waals surface area contributed by atoms with Gasteiger partial charge in [0.2, 0.25) is 0 Å². The molecule has 0 radical (unpaired) electrons. The van der Waals surface area contributed by atoms with Crippen LogP contribution in [0.3, 0.4) is 0 Å². The second-order valence-electron chi connectivity index (χ2n) is 8.84. The molecule has 166 valence electrons. The third-order valence-corrected chi connectivity index (χ3v) is 6.77. The molecule has 2 heteroatoms. The average Bonchev–Trinajstić information content (AvgIpc) is 2.78. The van der Waals surface area contributed by atoms with Crippen LogP contribution in [0.4, 0.5) is 0 Å². The van der Waals surface area contributed by atoms with Crippen molar-refractivity contribution in [3.05, 3.63) is 117 Å². The van der Waals surface area contributed by atoms with E-state index in [2.05, 4.69) is 114 Å². The van der Waals surface area contributed by atoms with Gasteiger partial charge in [0.1, 0.15) is 0 Å². The van der Waals surface area contributed by atoms with Crippen molar-refractivity contribution >= 4 is 11.4 Å². The van der Waals surface area contributed by atoms with Crippen LogP contribution in [0.2, 0.25) is 0 Å². The monoisotopic (exact) mass is 424 g/mol. The van der Waals surface area contributed by atoms with Crippen LogP contribution in [-0.4, -0.2) is 0 Å². The number of aryl methyl sites for hydroxylation is 2. The van der Waals surface area contributed by atoms with Crippen molar-refractivity contribution < 1.29 is 0 Å². The fourth-order valence-electron chi connectivity index (χ4n) is 4.02. The largest absolute Gasteiger partial charge is 0.381 e. The number of hydrogen-bond acceptors (Lipinski definition) is 2. The molecule has 2 nitrogen and oxygen atoms in total. The summed E-state index contributed by atoms with van der Waals surface area (Å²) in [4.78, 5) is 0. The summed E-state index contributed by atoms with van der Waals surface area (Å²) in [5.41, 5.74) is 14.7. The third-order valence-electron chi connectivity index (χ3n) is 6.77. The molecule has 0 unspecified atom stereocenters. The maximum Gasteiger partial charge on any atom is 0.0400 e. The van der Waals surface area contributed by atoms with Gasteiger partial charge in [-0.05, 0) is 86.1 Å². The maximum absolute atomic E-state index is 4.27. The second-order valence-corrected chi connectivity index (χ2v) is 8.84. The molecule has 3 rings (SSSR count). The SMILES string of the molecule is C=C(NCc1cccc(CNC(=C)c2ccc(C)c(C)c2C)c1)c1ccc(C)c(C)c1C. The van der Waals surface area contributed by atoms with E-state index < -0.39 is 0 Å². The molecule has 0 bridgehead atoms. The number of nitrogens with one attached hydrogen (secondary N) is 2. The van der Waals surface area contributed by atoms with Gasteiger partial charge in [0.15, 0.2) is 0 Å². The molecular formula is C30H36N2. The van der Waals surface area contributed by atoms with Crippen LogP contribution in [0.5, 0.6) is 0 Å². The van der Waals surface area contributed by atoms with Crippen LogP contribution >= 0.6 is 0 Å². The normalized spacial score (nSPS) is 10.7. The summed E-state index contributed by atoms with van der Waals surface area (Å²) in [7, 11) is 0. The topological polar surface area (TPSA) is 24.1 Å². The zero-order chi connectivity index (χ0) is 23.4. The highest BCUT2D eigenvalue weighted by Crippen LogP contribution is 2.23. The van der Waals surface area contributed by atoms with Crippen molar-refractivity contribution in [1.29, 1.82) is 0 Å². The van der Waals surface area contributed by atoms with E-state index >= 15 is 0 Å². The first-order valence-electron chi connectivity index (χ1n) is 11.3. The van der Waals surface area contributed by atoms with Crippen molar-refractivity contribution in [3.8, 4) is 0 Å². The van der Waals surface area contributed by atoms with E-state index in [-0.39, 0.29) is 0 Å². The molecule has 0 spiro atoms. The van der Waals surface area contributed by atoms with Gasteiger partial charge in [-0.25, -0.2) is 0 Å². The van der Waals surface area contributed by atoms with Gasteiger partial charge in [-0.3, -0.25) is 0 Å². The molecule has 0 atom stereocenters. The Bertz CT molecular complexity index is 1080. The molecule has 0 aliphatic rings. The minimum Gasteiger partial charge on any atom is -0.381 e. The lowest BCUT2D eigenvalue weighted by Crippen LogP contribution is -2.14. The van der Waals surface area contributed by atoms with E-state index in [1.807, 2.05) is 0 Å². The third kappa shape index (κ3) is 5.13. The molecular weight excluding hydrogens is 388 g/mol. The predicted molar refractivity (Wildman–Crippen MR) is 139 cm³/mol. The van der Waals surface area contributed by atoms with E-state index in [1.54, 1.807) is 0 Å². The standard InChI is InChI=1S/C30H36N2/c1-19-12-14-29(23(5)21(19)3)25(7)31-17-27-10-9-11-28(16-27)18-32-26(8)30-15-13-20(2)22(4)24(30)6/h9-16,31-32H,7-8,17-18H2,1-6H3. The van der Waals surface area contributed by atoms with Crippen LogP contribution in [0.1, 0.15) is 55.6 Å². The minimum absolute atomic E-state index is 0.746. The van der Waals surface area contributed by atoms with Crippen molar-refractivity contribution in [2.75, 3.05) is 0 Å². The van der Waals surface area contributed by atoms with Crippen LogP contribution in [0.25, 0.3) is 11.4 Å². The highest BCUT2D eigenvalue weighted by Gasteiger charge is 2.09. The molecule has 0 aliphatic heterocycles. The molecule has 0 heterocycles. The minimum atomic E-state index is 0.746. The fourth-order valence-corrected chi connectivity index (χ4v) is 4.02. The van der Waals surface area contributed by atoms with Crippen molar-refractivity contribution in [2.45, 2.75) is 54.6 Å². The fraction of sp³-hybridized carbons (Fsp3) is 0.267. The summed E-state index contributed by atoms with van der Waals surface area (Å²) in [5, 5.41) is 7.01. The Morgan fingerprint density at radius 2 is 1.00 bits per heavy atom. The molecule has 0 aromatic heterocycles. The molecule has 0 amide bonds. The Balaban J connectivity index is 1.62. The van der Waals surface area contributed by atoms with Crippen molar-refractivity contribution in [2.24, 2.45) is 0 Å². The van der Waals surface area contributed by atoms with Crippen LogP contribution in [0, 0.1) is 41.5 Å². The quantitative estimate of drug-likeness (QED) is 0.404. The molecule has 0 saturated carbocycles. The Morgan fingerprint density at radius 1 is 0.594 bits per heavy atom. The van der Waals surface area contributed by atoms with Gasteiger partial charge in [-0.2, -0.15) is 0 Å². The first kappa shape index (κ1) is 23.4. The van der Waals surface area contributed by atoms with E-state index in [1.165, 1.54) is 55.6 Å². The zero-order valence-electron chi connectivity index (χ0n) is 20.4. The van der Waals surface area contributed by atoms with E-state index in [0.29, 0.717) is 0 Å². The molecule has 0 aliphatic carbocycles. The summed E-state index contributed by atoms with van der Waals surface area (Å²) in [6.07, 6.45) is 0. The summed E-state index contributed by atoms with van der Waals surface area (Å²) >= 11 is 0. The summed E-state index contributed by atoms with van der Waals surface area (Å²) in [6.45, 7) is 23.0. The van der Waals surface area contributed by atoms with E-state index in [4.69, 9.17) is 0 Å². The van der Waals surface area contributed by atoms with Gasteiger partial charge < -0.3 is 10.6 Å². The first-order valence-corrected chi connectivity index (χ1v) is 11.3. The predicted octanol–water partition coefficient (Wildman–Crippen LogP) is 7.06. The van der Waals surface area contributed by atoms with Gasteiger partial charge in [0, 0.05) is 35.6 Å². The molecule has 0 saturated heterocycles. The van der Waals surface area contributed by atoms with Crippen molar-refractivity contribution in [1.82, 2.24) is 10.6 Å². The summed E-state index contributed by atoms with van der Waals surface area (Å²) in [5.74, 6) is 0. The summed E-state index contributed by atoms with van der Waals surface area (Å²) < 4.78 is 0. The maximum atomic E-state index is 4.27. The number of benzene rings is 3. The average molecular weight is 425 g/mol. The second kappa shape index (κ2) is 9.91. The van der Waals surface area contributed by atoms with Gasteiger partial charge >= 0.3 is 0 Å².